The molecule has 4 aliphatic carbocycles. The Bertz CT molecular complexity index is 1120. The fourth-order valence-corrected chi connectivity index (χ4v) is 7.53. The van der Waals surface area contributed by atoms with E-state index in [1.165, 1.54) is 33.2 Å². The normalized spacial score (nSPS) is 29.7. The van der Waals surface area contributed by atoms with E-state index in [0.29, 0.717) is 29.5 Å². The molecule has 186 valence electrons. The van der Waals surface area contributed by atoms with Crippen molar-refractivity contribution in [3.05, 3.63) is 23.8 Å². The molecule has 0 heterocycles. The second-order valence-electron chi connectivity index (χ2n) is 10.6. The van der Waals surface area contributed by atoms with Crippen molar-refractivity contribution >= 4 is 33.5 Å². The summed E-state index contributed by atoms with van der Waals surface area (Å²) in [5.74, 6) is -0.250. The first-order chi connectivity index (χ1) is 15.8. The minimum Gasteiger partial charge on any atom is -0.455 e. The van der Waals surface area contributed by atoms with Gasteiger partial charge in [0.25, 0.3) is 5.91 Å². The van der Waals surface area contributed by atoms with Crippen molar-refractivity contribution in [2.24, 2.45) is 17.3 Å². The van der Waals surface area contributed by atoms with Crippen LogP contribution < -0.4 is 10.6 Å². The van der Waals surface area contributed by atoms with Gasteiger partial charge in [-0.1, -0.05) is 6.07 Å². The van der Waals surface area contributed by atoms with Crippen molar-refractivity contribution in [2.75, 3.05) is 26.0 Å². The summed E-state index contributed by atoms with van der Waals surface area (Å²) >= 11 is 0. The number of ether oxygens (including phenoxy) is 1. The number of rotatable bonds is 7. The van der Waals surface area contributed by atoms with Gasteiger partial charge in [0, 0.05) is 32.2 Å². The lowest BCUT2D eigenvalue weighted by atomic mass is 9.47. The lowest BCUT2D eigenvalue weighted by Crippen LogP contribution is -2.64. The van der Waals surface area contributed by atoms with Crippen LogP contribution >= 0.6 is 0 Å². The van der Waals surface area contributed by atoms with Gasteiger partial charge >= 0.3 is 5.97 Å². The lowest BCUT2D eigenvalue weighted by molar-refractivity contribution is -0.176. The van der Waals surface area contributed by atoms with Gasteiger partial charge in [-0.3, -0.25) is 14.4 Å². The van der Waals surface area contributed by atoms with Gasteiger partial charge in [0.2, 0.25) is 15.9 Å². The number of sulfonamides is 1. The monoisotopic (exact) mass is 491 g/mol. The Kier molecular flexibility index (Phi) is 6.27. The first-order valence-corrected chi connectivity index (χ1v) is 13.1. The van der Waals surface area contributed by atoms with Crippen LogP contribution in [-0.2, 0) is 29.1 Å². The van der Waals surface area contributed by atoms with Gasteiger partial charge in [-0.25, -0.2) is 12.7 Å². The first-order valence-electron chi connectivity index (χ1n) is 11.6. The van der Waals surface area contributed by atoms with Gasteiger partial charge in [0.15, 0.2) is 6.61 Å². The quantitative estimate of drug-likeness (QED) is 0.564. The number of nitrogens with one attached hydrogen (secondary N) is 2. The third-order valence-electron chi connectivity index (χ3n) is 7.53. The smallest absolute Gasteiger partial charge is 0.312 e. The van der Waals surface area contributed by atoms with Gasteiger partial charge in [0.05, 0.1) is 10.3 Å². The molecule has 10 heteroatoms. The van der Waals surface area contributed by atoms with E-state index in [1.807, 2.05) is 0 Å². The highest BCUT2D eigenvalue weighted by molar-refractivity contribution is 7.89. The van der Waals surface area contributed by atoms with Crippen molar-refractivity contribution in [3.63, 3.8) is 0 Å². The molecular weight excluding hydrogens is 458 g/mol. The van der Waals surface area contributed by atoms with Crippen LogP contribution in [0, 0.1) is 24.2 Å². The maximum Gasteiger partial charge on any atom is 0.312 e. The molecule has 2 N–H and O–H groups in total. The van der Waals surface area contributed by atoms with Gasteiger partial charge in [-0.2, -0.15) is 0 Å². The third-order valence-corrected chi connectivity index (χ3v) is 9.34. The van der Waals surface area contributed by atoms with E-state index in [9.17, 15) is 22.8 Å². The summed E-state index contributed by atoms with van der Waals surface area (Å²) in [5.41, 5.74) is 0.0221. The second kappa shape index (κ2) is 8.64. The molecule has 4 fully saturated rings. The van der Waals surface area contributed by atoms with Crippen LogP contribution in [-0.4, -0.2) is 56.7 Å². The van der Waals surface area contributed by atoms with E-state index in [-0.39, 0.29) is 22.3 Å². The van der Waals surface area contributed by atoms with Crippen LogP contribution in [0.5, 0.6) is 0 Å². The molecule has 0 saturated heterocycles. The number of anilines is 1. The van der Waals surface area contributed by atoms with Crippen molar-refractivity contribution in [3.8, 4) is 0 Å². The van der Waals surface area contributed by atoms with Gasteiger partial charge in [0.1, 0.15) is 0 Å². The Morgan fingerprint density at radius 2 is 1.76 bits per heavy atom. The van der Waals surface area contributed by atoms with E-state index >= 15 is 0 Å². The van der Waals surface area contributed by atoms with Crippen LogP contribution in [0.25, 0.3) is 0 Å². The number of esters is 1. The fourth-order valence-electron chi connectivity index (χ4n) is 6.60. The molecule has 0 aliphatic heterocycles. The summed E-state index contributed by atoms with van der Waals surface area (Å²) < 4.78 is 31.4. The Balaban J connectivity index is 1.42. The number of hydrogen-bond donors (Lipinski definition) is 2. The zero-order chi connectivity index (χ0) is 24.9. The number of hydrogen-bond acceptors (Lipinski definition) is 6. The Morgan fingerprint density at radius 3 is 2.35 bits per heavy atom. The number of carbonyl (C=O) groups excluding carboxylic acids is 3. The maximum absolute atomic E-state index is 13.2. The molecule has 4 aliphatic rings. The minimum atomic E-state index is -3.65. The van der Waals surface area contributed by atoms with Crippen molar-refractivity contribution in [1.29, 1.82) is 0 Å². The first kappa shape index (κ1) is 24.7. The highest BCUT2D eigenvalue weighted by atomic mass is 32.2. The summed E-state index contributed by atoms with van der Waals surface area (Å²) in [6.07, 6.45) is 4.87. The molecule has 0 radical (unpaired) electrons. The van der Waals surface area contributed by atoms with Gasteiger partial charge in [-0.05, 0) is 75.0 Å². The summed E-state index contributed by atoms with van der Waals surface area (Å²) in [7, 11) is -0.776. The molecule has 1 aromatic rings. The van der Waals surface area contributed by atoms with E-state index < -0.39 is 28.0 Å². The third kappa shape index (κ3) is 4.57. The van der Waals surface area contributed by atoms with Gasteiger partial charge in [-0.15, -0.1) is 0 Å². The van der Waals surface area contributed by atoms with Crippen LogP contribution in [0.2, 0.25) is 0 Å². The largest absolute Gasteiger partial charge is 0.455 e. The highest BCUT2D eigenvalue weighted by Gasteiger charge is 2.61. The van der Waals surface area contributed by atoms with Crippen molar-refractivity contribution < 1.29 is 27.5 Å². The average Bonchev–Trinajstić information content (AvgIpc) is 2.71. The Hall–Kier alpha value is -2.46. The lowest BCUT2D eigenvalue weighted by Gasteiger charge is -2.60. The Labute approximate surface area is 200 Å². The SMILES string of the molecule is CC(=O)NC12C[C@@H]3C[C@@H](C1)CC(C(=O)OCC(=O)Nc1cc(S(=O)(=O)N(C)C)ccc1C)(C3)C2. The number of amides is 2. The van der Waals surface area contributed by atoms with Crippen molar-refractivity contribution in [1.82, 2.24) is 9.62 Å². The molecule has 0 unspecified atom stereocenters. The number of carbonyl (C=O) groups is 3. The zero-order valence-electron chi connectivity index (χ0n) is 20.1. The summed E-state index contributed by atoms with van der Waals surface area (Å²) in [6.45, 7) is 2.81. The number of benzene rings is 1. The van der Waals surface area contributed by atoms with E-state index in [1.54, 1.807) is 13.0 Å². The summed E-state index contributed by atoms with van der Waals surface area (Å²) in [6, 6.07) is 4.51. The molecule has 2 atom stereocenters. The molecule has 0 aromatic heterocycles. The molecule has 1 aromatic carbocycles. The topological polar surface area (TPSA) is 122 Å². The fraction of sp³-hybridized carbons (Fsp3) is 0.625. The predicted molar refractivity (Wildman–Crippen MR) is 125 cm³/mol. The van der Waals surface area contributed by atoms with Crippen LogP contribution in [0.1, 0.15) is 51.0 Å². The van der Waals surface area contributed by atoms with Crippen LogP contribution in [0.3, 0.4) is 0 Å². The predicted octanol–water partition coefficient (Wildman–Crippen LogP) is 2.20. The highest BCUT2D eigenvalue weighted by Crippen LogP contribution is 2.62. The maximum atomic E-state index is 13.2. The number of nitrogens with zero attached hydrogens (tertiary/aromatic N) is 1. The van der Waals surface area contributed by atoms with Crippen LogP contribution in [0.4, 0.5) is 5.69 Å². The zero-order valence-corrected chi connectivity index (χ0v) is 21.0. The molecule has 5 rings (SSSR count). The van der Waals surface area contributed by atoms with Crippen LogP contribution in [0.15, 0.2) is 23.1 Å². The van der Waals surface area contributed by atoms with E-state index in [4.69, 9.17) is 4.74 Å². The summed E-state index contributed by atoms with van der Waals surface area (Å²) in [4.78, 5) is 37.7. The number of aryl methyl sites for hydroxylation is 1. The molecule has 4 saturated carbocycles. The average molecular weight is 492 g/mol. The van der Waals surface area contributed by atoms with E-state index in [2.05, 4.69) is 10.6 Å². The molecule has 9 nitrogen and oxygen atoms in total. The van der Waals surface area contributed by atoms with Crippen molar-refractivity contribution in [2.45, 2.75) is 62.8 Å². The standard InChI is InChI=1S/C24H33N3O6S/c1-15-5-6-19(34(31,32)27(3)4)8-20(15)25-21(29)13-33-22(30)23-9-17-7-18(10-23)12-24(11-17,14-23)26-16(2)28/h5-6,8,17-18H,7,9-14H2,1-4H3,(H,25,29)(H,26,28)/t17-,18-,23?,24?/m1/s1. The molecule has 34 heavy (non-hydrogen) atoms. The minimum absolute atomic E-state index is 0.0623. The second-order valence-corrected chi connectivity index (χ2v) is 12.7. The Morgan fingerprint density at radius 1 is 1.12 bits per heavy atom. The summed E-state index contributed by atoms with van der Waals surface area (Å²) in [5, 5.41) is 5.79. The molecular formula is C24H33N3O6S. The molecule has 2 amide bonds. The van der Waals surface area contributed by atoms with Gasteiger partial charge < -0.3 is 15.4 Å². The molecule has 0 spiro atoms. The molecule has 4 bridgehead atoms. The van der Waals surface area contributed by atoms with E-state index in [0.717, 1.165) is 36.4 Å².